The van der Waals surface area contributed by atoms with E-state index in [1.54, 1.807) is 31.5 Å². The predicted molar refractivity (Wildman–Crippen MR) is 103 cm³/mol. The summed E-state index contributed by atoms with van der Waals surface area (Å²) in [7, 11) is 0. The Balaban J connectivity index is 1.53. The summed E-state index contributed by atoms with van der Waals surface area (Å²) in [5.41, 5.74) is 2.93. The van der Waals surface area contributed by atoms with Crippen molar-refractivity contribution in [3.63, 3.8) is 0 Å². The number of Topliss-reactive ketones (excluding diaryl/α,β-unsaturated/α-hetero) is 1. The van der Waals surface area contributed by atoms with Crippen molar-refractivity contribution in [1.82, 2.24) is 9.97 Å². The number of aromatic amines is 1. The number of nitrogens with one attached hydrogen (secondary N) is 1. The van der Waals surface area contributed by atoms with Gasteiger partial charge in [-0.3, -0.25) is 9.59 Å². The van der Waals surface area contributed by atoms with Gasteiger partial charge in [-0.25, -0.2) is 4.98 Å². The molecule has 2 aromatic carbocycles. The maximum absolute atomic E-state index is 12.9. The van der Waals surface area contributed by atoms with Gasteiger partial charge in [0.2, 0.25) is 0 Å². The Morgan fingerprint density at radius 3 is 2.70 bits per heavy atom. The number of para-hydroxylation sites is 1. The summed E-state index contributed by atoms with van der Waals surface area (Å²) in [5.74, 6) is -0.547. The molecule has 1 aliphatic heterocycles. The molecule has 0 radical (unpaired) electrons. The molecule has 1 N–H and O–H groups in total. The number of nitrogens with zero attached hydrogens (tertiary/aromatic N) is 3. The maximum Gasteiger partial charge on any atom is 0.263 e. The molecule has 27 heavy (non-hydrogen) atoms. The Hall–Kier alpha value is -3.54. The van der Waals surface area contributed by atoms with Gasteiger partial charge in [0.1, 0.15) is 11.7 Å². The lowest BCUT2D eigenvalue weighted by Gasteiger charge is -2.14. The highest BCUT2D eigenvalue weighted by molar-refractivity contribution is 6.27. The highest BCUT2D eigenvalue weighted by atomic mass is 16.2. The number of carbonyl (C=O) groups is 2. The van der Waals surface area contributed by atoms with E-state index in [-0.39, 0.29) is 18.1 Å². The number of hydrogen-bond acceptors (Lipinski definition) is 4. The fourth-order valence-corrected chi connectivity index (χ4v) is 3.25. The van der Waals surface area contributed by atoms with E-state index in [4.69, 9.17) is 0 Å². The molecule has 4 rings (SSSR count). The highest BCUT2D eigenvalue weighted by Gasteiger charge is 2.39. The van der Waals surface area contributed by atoms with E-state index in [1.807, 2.05) is 42.5 Å². The van der Waals surface area contributed by atoms with E-state index in [9.17, 15) is 9.59 Å². The molecule has 0 fully saturated rings. The zero-order valence-corrected chi connectivity index (χ0v) is 14.8. The number of carbonyl (C=O) groups excluding carboxylic acids is 2. The third kappa shape index (κ3) is 3.29. The number of anilines is 1. The number of hydrazone groups is 1. The van der Waals surface area contributed by atoms with Crippen LogP contribution in [0.1, 0.15) is 12.5 Å². The van der Waals surface area contributed by atoms with Crippen molar-refractivity contribution in [3.8, 4) is 11.4 Å². The van der Waals surface area contributed by atoms with Crippen molar-refractivity contribution < 1.29 is 9.59 Å². The van der Waals surface area contributed by atoms with Crippen LogP contribution < -0.4 is 5.01 Å². The molecule has 1 unspecified atom stereocenters. The van der Waals surface area contributed by atoms with Crippen molar-refractivity contribution in [3.05, 3.63) is 72.6 Å². The van der Waals surface area contributed by atoms with Crippen LogP contribution in [0.15, 0.2) is 72.1 Å². The first-order valence-corrected chi connectivity index (χ1v) is 8.69. The molecular weight excluding hydrogens is 340 g/mol. The van der Waals surface area contributed by atoms with Gasteiger partial charge in [-0.05, 0) is 30.7 Å². The number of hydrogen-bond donors (Lipinski definition) is 1. The minimum Gasteiger partial charge on any atom is -0.345 e. The molecule has 1 amide bonds. The number of rotatable bonds is 5. The van der Waals surface area contributed by atoms with E-state index in [1.165, 1.54) is 5.01 Å². The number of ketones is 1. The fraction of sp³-hybridized carbons (Fsp3) is 0.143. The summed E-state index contributed by atoms with van der Waals surface area (Å²) >= 11 is 0. The van der Waals surface area contributed by atoms with Crippen LogP contribution in [0, 0.1) is 5.92 Å². The summed E-state index contributed by atoms with van der Waals surface area (Å²) in [6.45, 7) is 1.72. The van der Waals surface area contributed by atoms with Gasteiger partial charge in [-0.1, -0.05) is 36.4 Å². The summed E-state index contributed by atoms with van der Waals surface area (Å²) in [5, 5.41) is 5.62. The lowest BCUT2D eigenvalue weighted by atomic mass is 9.93. The van der Waals surface area contributed by atoms with Gasteiger partial charge < -0.3 is 4.98 Å². The van der Waals surface area contributed by atoms with Gasteiger partial charge in [0, 0.05) is 24.4 Å². The summed E-state index contributed by atoms with van der Waals surface area (Å²) in [6, 6.07) is 16.7. The van der Waals surface area contributed by atoms with E-state index in [0.29, 0.717) is 11.4 Å². The summed E-state index contributed by atoms with van der Waals surface area (Å²) in [4.78, 5) is 32.9. The third-order valence-corrected chi connectivity index (χ3v) is 4.53. The molecule has 0 spiro atoms. The molecule has 6 heteroatoms. The number of amides is 1. The Morgan fingerprint density at radius 2 is 1.96 bits per heavy atom. The number of H-pyrrole nitrogens is 1. The molecule has 0 aliphatic carbocycles. The minimum atomic E-state index is -0.836. The number of benzene rings is 2. The van der Waals surface area contributed by atoms with Gasteiger partial charge in [-0.2, -0.15) is 10.1 Å². The van der Waals surface area contributed by atoms with Crippen LogP contribution in [0.4, 0.5) is 5.69 Å². The zero-order chi connectivity index (χ0) is 18.8. The lowest BCUT2D eigenvalue weighted by molar-refractivity contribution is -0.128. The molecule has 3 aromatic rings. The fourth-order valence-electron chi connectivity index (χ4n) is 3.25. The predicted octanol–water partition coefficient (Wildman–Crippen LogP) is 3.23. The van der Waals surface area contributed by atoms with Crippen LogP contribution in [0.3, 0.4) is 0 Å². The van der Waals surface area contributed by atoms with Crippen LogP contribution in [0.25, 0.3) is 11.4 Å². The summed E-state index contributed by atoms with van der Waals surface area (Å²) in [6.07, 6.45) is 3.60. The van der Waals surface area contributed by atoms with Crippen LogP contribution >= 0.6 is 0 Å². The molecule has 1 atom stereocenters. The molecular formula is C21H18N4O2. The number of imidazole rings is 1. The van der Waals surface area contributed by atoms with Gasteiger partial charge in [0.25, 0.3) is 5.91 Å². The van der Waals surface area contributed by atoms with Crippen molar-refractivity contribution in [2.75, 3.05) is 5.01 Å². The van der Waals surface area contributed by atoms with E-state index >= 15 is 0 Å². The monoisotopic (exact) mass is 358 g/mol. The molecule has 0 bridgehead atoms. The summed E-state index contributed by atoms with van der Waals surface area (Å²) < 4.78 is 0. The standard InChI is InChI=1S/C21H18N4O2/c1-14-19(21(27)25(24-14)17-8-3-2-4-9-17)18(26)13-15-6-5-7-16(12-15)20-22-10-11-23-20/h2-12,19H,13H2,1H3,(H,22,23). The molecule has 134 valence electrons. The van der Waals surface area contributed by atoms with Crippen LogP contribution in [0.5, 0.6) is 0 Å². The quantitative estimate of drug-likeness (QED) is 0.711. The average Bonchev–Trinajstić information content (AvgIpc) is 3.31. The van der Waals surface area contributed by atoms with Crippen LogP contribution in [0.2, 0.25) is 0 Å². The van der Waals surface area contributed by atoms with Gasteiger partial charge in [0.05, 0.1) is 11.4 Å². The van der Waals surface area contributed by atoms with Crippen LogP contribution in [-0.2, 0) is 16.0 Å². The van der Waals surface area contributed by atoms with E-state index in [0.717, 1.165) is 17.0 Å². The SMILES string of the molecule is CC1=NN(c2ccccc2)C(=O)C1C(=O)Cc1cccc(-c2ncc[nH]2)c1. The second kappa shape index (κ2) is 6.99. The van der Waals surface area contributed by atoms with Gasteiger partial charge in [-0.15, -0.1) is 0 Å². The third-order valence-electron chi connectivity index (χ3n) is 4.53. The van der Waals surface area contributed by atoms with Crippen molar-refractivity contribution >= 4 is 23.1 Å². The zero-order valence-electron chi connectivity index (χ0n) is 14.8. The molecule has 6 nitrogen and oxygen atoms in total. The molecule has 2 heterocycles. The average molecular weight is 358 g/mol. The first-order chi connectivity index (χ1) is 13.1. The Labute approximate surface area is 156 Å². The van der Waals surface area contributed by atoms with Crippen molar-refractivity contribution in [1.29, 1.82) is 0 Å². The Morgan fingerprint density at radius 1 is 1.15 bits per heavy atom. The molecule has 1 aliphatic rings. The molecule has 1 aromatic heterocycles. The maximum atomic E-state index is 12.9. The van der Waals surface area contributed by atoms with Gasteiger partial charge in [0.15, 0.2) is 5.78 Å². The topological polar surface area (TPSA) is 78.4 Å². The Bertz CT molecular complexity index is 1010. The Kier molecular flexibility index (Phi) is 4.38. The van der Waals surface area contributed by atoms with E-state index < -0.39 is 5.92 Å². The van der Waals surface area contributed by atoms with Gasteiger partial charge >= 0.3 is 0 Å². The highest BCUT2D eigenvalue weighted by Crippen LogP contribution is 2.25. The molecule has 0 saturated carbocycles. The first kappa shape index (κ1) is 16.9. The molecule has 0 saturated heterocycles. The number of aromatic nitrogens is 2. The second-order valence-corrected chi connectivity index (χ2v) is 6.44. The van der Waals surface area contributed by atoms with Crippen LogP contribution in [-0.4, -0.2) is 27.4 Å². The van der Waals surface area contributed by atoms with Crippen molar-refractivity contribution in [2.24, 2.45) is 11.0 Å². The minimum absolute atomic E-state index is 0.156. The first-order valence-electron chi connectivity index (χ1n) is 8.69. The second-order valence-electron chi connectivity index (χ2n) is 6.44. The van der Waals surface area contributed by atoms with Crippen molar-refractivity contribution in [2.45, 2.75) is 13.3 Å². The normalized spacial score (nSPS) is 16.5. The largest absolute Gasteiger partial charge is 0.345 e. The smallest absolute Gasteiger partial charge is 0.263 e. The van der Waals surface area contributed by atoms with E-state index in [2.05, 4.69) is 15.1 Å². The lowest BCUT2D eigenvalue weighted by Crippen LogP contribution is -2.33.